The van der Waals surface area contributed by atoms with Crippen molar-refractivity contribution in [2.75, 3.05) is 33.3 Å². The van der Waals surface area contributed by atoms with E-state index in [2.05, 4.69) is 5.32 Å². The Hall–Kier alpha value is -4.21. The standard InChI is InChI=1S/C33H39N5O4/c1-3-18-37(33(41)34-20-26-12-8-5-9-13-26)38-23-28(39)22-36-30(19-25-10-6-4-7-11-25)32(40)35(24-31(36)38)21-27-14-16-29(42-2)17-15-27/h4-17,30-31H,3,18-24H2,1-2H3,(H,34,41)/t30-,31-/m0/s1. The van der Waals surface area contributed by atoms with Crippen LogP contribution in [-0.4, -0.2) is 83.0 Å². The van der Waals surface area contributed by atoms with Gasteiger partial charge in [-0.05, 0) is 41.7 Å². The van der Waals surface area contributed by atoms with Crippen molar-refractivity contribution < 1.29 is 19.1 Å². The zero-order valence-electron chi connectivity index (χ0n) is 24.3. The van der Waals surface area contributed by atoms with Crippen LogP contribution in [-0.2, 0) is 29.1 Å². The van der Waals surface area contributed by atoms with E-state index in [-0.39, 0.29) is 37.0 Å². The first-order valence-electron chi connectivity index (χ1n) is 14.6. The highest BCUT2D eigenvalue weighted by molar-refractivity contribution is 5.88. The fourth-order valence-corrected chi connectivity index (χ4v) is 5.78. The number of urea groups is 1. The van der Waals surface area contributed by atoms with Gasteiger partial charge in [0, 0.05) is 19.6 Å². The van der Waals surface area contributed by atoms with Crippen molar-refractivity contribution in [3.63, 3.8) is 0 Å². The van der Waals surface area contributed by atoms with Gasteiger partial charge in [-0.25, -0.2) is 4.79 Å². The molecule has 2 heterocycles. The number of Topliss-reactive ketones (excluding diaryl/α,β-unsaturated/α-hetero) is 1. The Balaban J connectivity index is 1.44. The van der Waals surface area contributed by atoms with Crippen LogP contribution in [0.15, 0.2) is 84.9 Å². The van der Waals surface area contributed by atoms with Crippen LogP contribution in [0, 0.1) is 0 Å². The van der Waals surface area contributed by atoms with E-state index < -0.39 is 6.04 Å². The molecule has 3 aromatic carbocycles. The first-order chi connectivity index (χ1) is 20.5. The minimum Gasteiger partial charge on any atom is -0.497 e. The molecule has 2 atom stereocenters. The Kier molecular flexibility index (Phi) is 9.51. The van der Waals surface area contributed by atoms with E-state index >= 15 is 0 Å². The molecule has 220 valence electrons. The number of benzene rings is 3. The summed E-state index contributed by atoms with van der Waals surface area (Å²) in [5.41, 5.74) is 3.01. The van der Waals surface area contributed by atoms with Crippen LogP contribution in [0.4, 0.5) is 4.79 Å². The summed E-state index contributed by atoms with van der Waals surface area (Å²) in [6, 6.07) is 26.6. The van der Waals surface area contributed by atoms with Crippen molar-refractivity contribution in [3.8, 4) is 5.75 Å². The average molecular weight is 570 g/mol. The van der Waals surface area contributed by atoms with Gasteiger partial charge in [-0.1, -0.05) is 79.7 Å². The Bertz CT molecular complexity index is 1350. The van der Waals surface area contributed by atoms with E-state index in [1.54, 1.807) is 12.1 Å². The molecule has 0 aromatic heterocycles. The fraction of sp³-hybridized carbons (Fsp3) is 0.364. The largest absolute Gasteiger partial charge is 0.497 e. The van der Waals surface area contributed by atoms with Crippen LogP contribution in [0.2, 0.25) is 0 Å². The highest BCUT2D eigenvalue weighted by atomic mass is 16.5. The first-order valence-corrected chi connectivity index (χ1v) is 14.6. The van der Waals surface area contributed by atoms with Gasteiger partial charge < -0.3 is 15.0 Å². The number of carbonyl (C=O) groups is 3. The summed E-state index contributed by atoms with van der Waals surface area (Å²) in [5, 5.41) is 6.58. The molecule has 0 radical (unpaired) electrons. The molecule has 2 aliphatic rings. The Labute approximate surface area is 247 Å². The van der Waals surface area contributed by atoms with Gasteiger partial charge in [-0.2, -0.15) is 5.01 Å². The highest BCUT2D eigenvalue weighted by Gasteiger charge is 2.48. The van der Waals surface area contributed by atoms with Crippen molar-refractivity contribution in [2.24, 2.45) is 0 Å². The third-order valence-corrected chi connectivity index (χ3v) is 7.88. The van der Waals surface area contributed by atoms with Gasteiger partial charge in [-0.3, -0.25) is 19.5 Å². The molecule has 9 heteroatoms. The van der Waals surface area contributed by atoms with Crippen molar-refractivity contribution in [1.29, 1.82) is 0 Å². The number of ketones is 1. The SMILES string of the molecule is CCCN(C(=O)NCc1ccccc1)N1CC(=O)CN2[C@@H](Cc3ccccc3)C(=O)N(Cc3ccc(OC)cc3)C[C@@H]21. The van der Waals surface area contributed by atoms with Crippen LogP contribution >= 0.6 is 0 Å². The van der Waals surface area contributed by atoms with Gasteiger partial charge in [0.05, 0.1) is 32.8 Å². The molecule has 42 heavy (non-hydrogen) atoms. The molecule has 0 spiro atoms. The van der Waals surface area contributed by atoms with Crippen molar-refractivity contribution in [3.05, 3.63) is 102 Å². The van der Waals surface area contributed by atoms with Crippen LogP contribution in [0.25, 0.3) is 0 Å². The maximum absolute atomic E-state index is 14.1. The summed E-state index contributed by atoms with van der Waals surface area (Å²) in [6.45, 7) is 3.93. The third-order valence-electron chi connectivity index (χ3n) is 7.88. The molecule has 0 saturated carbocycles. The molecular weight excluding hydrogens is 530 g/mol. The lowest BCUT2D eigenvalue weighted by Gasteiger charge is -2.54. The van der Waals surface area contributed by atoms with E-state index in [1.807, 2.05) is 107 Å². The number of amides is 3. The second-order valence-corrected chi connectivity index (χ2v) is 10.8. The maximum atomic E-state index is 14.1. The molecule has 0 unspecified atom stereocenters. The molecule has 2 aliphatic heterocycles. The smallest absolute Gasteiger partial charge is 0.332 e. The number of carbonyl (C=O) groups excluding carboxylic acids is 3. The minimum absolute atomic E-state index is 0.0160. The number of ether oxygens (including phenoxy) is 1. The molecule has 0 bridgehead atoms. The quantitative estimate of drug-likeness (QED) is 0.401. The van der Waals surface area contributed by atoms with Crippen molar-refractivity contribution in [1.82, 2.24) is 25.1 Å². The summed E-state index contributed by atoms with van der Waals surface area (Å²) in [5.74, 6) is 0.722. The lowest BCUT2D eigenvalue weighted by Crippen LogP contribution is -2.74. The number of methoxy groups -OCH3 is 1. The number of nitrogens with one attached hydrogen (secondary N) is 1. The highest BCUT2D eigenvalue weighted by Crippen LogP contribution is 2.28. The molecule has 3 aromatic rings. The molecule has 0 aliphatic carbocycles. The molecule has 5 rings (SSSR count). The zero-order chi connectivity index (χ0) is 29.5. The average Bonchev–Trinajstić information content (AvgIpc) is 3.02. The predicted molar refractivity (Wildman–Crippen MR) is 160 cm³/mol. The summed E-state index contributed by atoms with van der Waals surface area (Å²) < 4.78 is 5.31. The summed E-state index contributed by atoms with van der Waals surface area (Å²) in [4.78, 5) is 44.7. The Morgan fingerprint density at radius 1 is 0.905 bits per heavy atom. The first kappa shape index (κ1) is 29.3. The second-order valence-electron chi connectivity index (χ2n) is 10.8. The normalized spacial score (nSPS) is 19.3. The fourth-order valence-electron chi connectivity index (χ4n) is 5.78. The number of hydrazine groups is 1. The monoisotopic (exact) mass is 569 g/mol. The number of hydrogen-bond donors (Lipinski definition) is 1. The van der Waals surface area contributed by atoms with Gasteiger partial charge in [0.2, 0.25) is 5.91 Å². The number of fused-ring (bicyclic) bond motifs is 1. The Morgan fingerprint density at radius 2 is 1.57 bits per heavy atom. The van der Waals surface area contributed by atoms with Crippen LogP contribution < -0.4 is 10.1 Å². The van der Waals surface area contributed by atoms with E-state index in [0.29, 0.717) is 32.6 Å². The molecule has 2 saturated heterocycles. The second kappa shape index (κ2) is 13.6. The van der Waals surface area contributed by atoms with Crippen molar-refractivity contribution >= 4 is 17.7 Å². The summed E-state index contributed by atoms with van der Waals surface area (Å²) in [7, 11) is 1.63. The molecule has 1 N–H and O–H groups in total. The van der Waals surface area contributed by atoms with E-state index in [1.165, 1.54) is 0 Å². The van der Waals surface area contributed by atoms with Gasteiger partial charge >= 0.3 is 6.03 Å². The minimum atomic E-state index is -0.535. The number of piperazine rings is 1. The topological polar surface area (TPSA) is 85.4 Å². The number of rotatable bonds is 10. The lowest BCUT2D eigenvalue weighted by molar-refractivity contribution is -0.179. The van der Waals surface area contributed by atoms with E-state index in [4.69, 9.17) is 4.74 Å². The van der Waals surface area contributed by atoms with Gasteiger partial charge in [0.25, 0.3) is 0 Å². The molecule has 3 amide bonds. The lowest BCUT2D eigenvalue weighted by atomic mass is 9.97. The molecular formula is C33H39N5O4. The van der Waals surface area contributed by atoms with Gasteiger partial charge in [0.1, 0.15) is 11.9 Å². The summed E-state index contributed by atoms with van der Waals surface area (Å²) >= 11 is 0. The number of hydrogen-bond acceptors (Lipinski definition) is 6. The third kappa shape index (κ3) is 6.80. The van der Waals surface area contributed by atoms with Crippen LogP contribution in [0.1, 0.15) is 30.0 Å². The summed E-state index contributed by atoms with van der Waals surface area (Å²) in [6.07, 6.45) is 0.865. The van der Waals surface area contributed by atoms with Crippen LogP contribution in [0.3, 0.4) is 0 Å². The Morgan fingerprint density at radius 3 is 2.21 bits per heavy atom. The predicted octanol–water partition coefficient (Wildman–Crippen LogP) is 3.70. The zero-order valence-corrected chi connectivity index (χ0v) is 24.3. The molecule has 9 nitrogen and oxygen atoms in total. The molecule has 2 fully saturated rings. The van der Waals surface area contributed by atoms with Crippen LogP contribution in [0.5, 0.6) is 5.75 Å². The van der Waals surface area contributed by atoms with Crippen molar-refractivity contribution in [2.45, 2.75) is 45.1 Å². The van der Waals surface area contributed by atoms with E-state index in [0.717, 1.165) is 28.9 Å². The number of nitrogens with zero attached hydrogens (tertiary/aromatic N) is 4. The maximum Gasteiger partial charge on any atom is 0.332 e. The van der Waals surface area contributed by atoms with Gasteiger partial charge in [0.15, 0.2) is 5.78 Å². The van der Waals surface area contributed by atoms with E-state index in [9.17, 15) is 14.4 Å². The van der Waals surface area contributed by atoms with Gasteiger partial charge in [-0.15, -0.1) is 0 Å².